The zero-order chi connectivity index (χ0) is 25.7. The van der Waals surface area contributed by atoms with E-state index in [1.165, 1.54) is 11.8 Å². The Balaban J connectivity index is 1.49. The van der Waals surface area contributed by atoms with Crippen molar-refractivity contribution < 1.29 is 19.1 Å². The number of para-hydroxylation sites is 1. The summed E-state index contributed by atoms with van der Waals surface area (Å²) in [6.45, 7) is 6.17. The standard InChI is InChI=1S/C28H26N2O4S2/c1-4-33-24-15-20(11-13-23(24)34-17-26(31)29-21-8-6-5-7-9-21)16-25-27(32)30(28(35)36-25)22-12-10-18(2)19(3)14-22/h5-16H,4,17H2,1-3H3,(H,29,31)/b25-16-. The monoisotopic (exact) mass is 518 g/mol. The number of hydrogen-bond acceptors (Lipinski definition) is 6. The Bertz CT molecular complexity index is 1340. The molecule has 36 heavy (non-hydrogen) atoms. The molecule has 8 heteroatoms. The van der Waals surface area contributed by atoms with Gasteiger partial charge in [-0.2, -0.15) is 0 Å². The van der Waals surface area contributed by atoms with E-state index in [0.717, 1.165) is 22.4 Å². The SMILES string of the molecule is CCOc1cc(/C=C2\SC(=S)N(c3ccc(C)c(C)c3)C2=O)ccc1OCC(=O)Nc1ccccc1. The molecule has 4 rings (SSSR count). The maximum Gasteiger partial charge on any atom is 0.270 e. The Morgan fingerprint density at radius 3 is 2.50 bits per heavy atom. The minimum Gasteiger partial charge on any atom is -0.490 e. The Labute approximate surface area is 220 Å². The molecule has 1 aliphatic rings. The summed E-state index contributed by atoms with van der Waals surface area (Å²) in [6, 6.07) is 20.4. The van der Waals surface area contributed by atoms with Crippen LogP contribution in [0.25, 0.3) is 6.08 Å². The topological polar surface area (TPSA) is 67.9 Å². The fourth-order valence-corrected chi connectivity index (χ4v) is 4.87. The van der Waals surface area contributed by atoms with Gasteiger partial charge in [-0.15, -0.1) is 0 Å². The third-order valence-corrected chi connectivity index (χ3v) is 6.83. The van der Waals surface area contributed by atoms with E-state index in [4.69, 9.17) is 21.7 Å². The van der Waals surface area contributed by atoms with E-state index < -0.39 is 0 Å². The largest absolute Gasteiger partial charge is 0.490 e. The van der Waals surface area contributed by atoms with Gasteiger partial charge in [0, 0.05) is 5.69 Å². The lowest BCUT2D eigenvalue weighted by atomic mass is 10.1. The van der Waals surface area contributed by atoms with E-state index in [0.29, 0.717) is 33.0 Å². The van der Waals surface area contributed by atoms with Crippen molar-refractivity contribution in [2.75, 3.05) is 23.4 Å². The van der Waals surface area contributed by atoms with Gasteiger partial charge in [0.15, 0.2) is 22.4 Å². The highest BCUT2D eigenvalue weighted by atomic mass is 32.2. The van der Waals surface area contributed by atoms with Crippen LogP contribution < -0.4 is 19.7 Å². The van der Waals surface area contributed by atoms with E-state index >= 15 is 0 Å². The van der Waals surface area contributed by atoms with Gasteiger partial charge >= 0.3 is 0 Å². The summed E-state index contributed by atoms with van der Waals surface area (Å²) >= 11 is 6.77. The van der Waals surface area contributed by atoms with Gasteiger partial charge in [-0.1, -0.05) is 54.3 Å². The number of carbonyl (C=O) groups excluding carboxylic acids is 2. The van der Waals surface area contributed by atoms with Crippen LogP contribution in [0, 0.1) is 13.8 Å². The van der Waals surface area contributed by atoms with E-state index in [2.05, 4.69) is 5.32 Å². The molecule has 0 bridgehead atoms. The highest BCUT2D eigenvalue weighted by Gasteiger charge is 2.33. The normalized spacial score (nSPS) is 14.3. The lowest BCUT2D eigenvalue weighted by molar-refractivity contribution is -0.118. The number of benzene rings is 3. The van der Waals surface area contributed by atoms with Gasteiger partial charge in [-0.05, 0) is 79.9 Å². The number of anilines is 2. The Kier molecular flexibility index (Phi) is 8.07. The first-order valence-electron chi connectivity index (χ1n) is 11.5. The van der Waals surface area contributed by atoms with Crippen LogP contribution in [-0.4, -0.2) is 29.3 Å². The quantitative estimate of drug-likeness (QED) is 0.286. The van der Waals surface area contributed by atoms with Gasteiger partial charge in [-0.25, -0.2) is 0 Å². The second kappa shape index (κ2) is 11.4. The number of hydrogen-bond donors (Lipinski definition) is 1. The summed E-state index contributed by atoms with van der Waals surface area (Å²) in [4.78, 5) is 27.5. The van der Waals surface area contributed by atoms with Crippen LogP contribution in [0.2, 0.25) is 0 Å². The average Bonchev–Trinajstić information content (AvgIpc) is 3.13. The Morgan fingerprint density at radius 1 is 1.00 bits per heavy atom. The Morgan fingerprint density at radius 2 is 1.78 bits per heavy atom. The number of rotatable bonds is 8. The summed E-state index contributed by atoms with van der Waals surface area (Å²) < 4.78 is 12.0. The van der Waals surface area contributed by atoms with E-state index in [9.17, 15) is 9.59 Å². The van der Waals surface area contributed by atoms with Crippen LogP contribution >= 0.6 is 24.0 Å². The van der Waals surface area contributed by atoms with Crippen LogP contribution in [0.5, 0.6) is 11.5 Å². The molecule has 1 aliphatic heterocycles. The third kappa shape index (κ3) is 5.95. The molecule has 1 heterocycles. The Hall–Kier alpha value is -3.62. The lowest BCUT2D eigenvalue weighted by Gasteiger charge is -2.16. The van der Waals surface area contributed by atoms with Crippen molar-refractivity contribution in [3.63, 3.8) is 0 Å². The molecule has 0 aromatic heterocycles. The number of amides is 2. The van der Waals surface area contributed by atoms with Crippen LogP contribution in [0.3, 0.4) is 0 Å². The molecule has 0 saturated carbocycles. The molecular weight excluding hydrogens is 492 g/mol. The maximum atomic E-state index is 13.2. The van der Waals surface area contributed by atoms with Gasteiger partial charge in [0.2, 0.25) is 0 Å². The van der Waals surface area contributed by atoms with Gasteiger partial charge in [0.1, 0.15) is 0 Å². The molecule has 0 radical (unpaired) electrons. The second-order valence-corrected chi connectivity index (χ2v) is 9.80. The van der Waals surface area contributed by atoms with Gasteiger partial charge in [-0.3, -0.25) is 14.5 Å². The minimum absolute atomic E-state index is 0.163. The number of nitrogens with one attached hydrogen (secondary N) is 1. The summed E-state index contributed by atoms with van der Waals surface area (Å²) in [6.07, 6.45) is 1.79. The van der Waals surface area contributed by atoms with Crippen molar-refractivity contribution in [2.45, 2.75) is 20.8 Å². The highest BCUT2D eigenvalue weighted by molar-refractivity contribution is 8.27. The summed E-state index contributed by atoms with van der Waals surface area (Å²) in [5.74, 6) is 0.496. The lowest BCUT2D eigenvalue weighted by Crippen LogP contribution is -2.27. The minimum atomic E-state index is -0.275. The number of carbonyl (C=O) groups is 2. The molecule has 0 spiro atoms. The molecule has 0 aliphatic carbocycles. The van der Waals surface area contributed by atoms with Gasteiger partial charge < -0.3 is 14.8 Å². The molecule has 1 fully saturated rings. The van der Waals surface area contributed by atoms with E-state index in [1.807, 2.05) is 63.2 Å². The summed E-state index contributed by atoms with van der Waals surface area (Å²) in [5, 5.41) is 2.78. The maximum absolute atomic E-state index is 13.2. The van der Waals surface area contributed by atoms with Crippen LogP contribution in [-0.2, 0) is 9.59 Å². The molecule has 3 aromatic rings. The first-order chi connectivity index (χ1) is 17.4. The average molecular weight is 519 g/mol. The molecule has 184 valence electrons. The molecule has 1 N–H and O–H groups in total. The molecular formula is C28H26N2O4S2. The predicted molar refractivity (Wildman–Crippen MR) is 150 cm³/mol. The van der Waals surface area contributed by atoms with Crippen molar-refractivity contribution in [1.82, 2.24) is 0 Å². The van der Waals surface area contributed by atoms with Crippen LogP contribution in [0.1, 0.15) is 23.6 Å². The molecule has 6 nitrogen and oxygen atoms in total. The van der Waals surface area contributed by atoms with Gasteiger partial charge in [0.25, 0.3) is 11.8 Å². The molecule has 3 aromatic carbocycles. The summed E-state index contributed by atoms with van der Waals surface area (Å²) in [5.41, 5.74) is 4.48. The summed E-state index contributed by atoms with van der Waals surface area (Å²) in [7, 11) is 0. The van der Waals surface area contributed by atoms with E-state index in [-0.39, 0.29) is 18.4 Å². The van der Waals surface area contributed by atoms with Crippen LogP contribution in [0.4, 0.5) is 11.4 Å². The van der Waals surface area contributed by atoms with Crippen molar-refractivity contribution in [2.24, 2.45) is 0 Å². The van der Waals surface area contributed by atoms with Crippen LogP contribution in [0.15, 0.2) is 71.6 Å². The molecule has 0 atom stereocenters. The highest BCUT2D eigenvalue weighted by Crippen LogP contribution is 2.37. The number of aryl methyl sites for hydroxylation is 2. The molecule has 1 saturated heterocycles. The fraction of sp³-hybridized carbons (Fsp3) is 0.179. The first-order valence-corrected chi connectivity index (χ1v) is 12.7. The van der Waals surface area contributed by atoms with Crippen molar-refractivity contribution >= 4 is 57.6 Å². The first kappa shape index (κ1) is 25.5. The zero-order valence-electron chi connectivity index (χ0n) is 20.2. The third-order valence-electron chi connectivity index (χ3n) is 5.52. The number of thioether (sulfide) groups is 1. The van der Waals surface area contributed by atoms with Gasteiger partial charge in [0.05, 0.1) is 17.2 Å². The second-order valence-electron chi connectivity index (χ2n) is 8.13. The fourth-order valence-electron chi connectivity index (χ4n) is 3.57. The number of nitrogens with zero attached hydrogens (tertiary/aromatic N) is 1. The molecule has 2 amide bonds. The number of thiocarbonyl (C=S) groups is 1. The zero-order valence-corrected chi connectivity index (χ0v) is 21.9. The van der Waals surface area contributed by atoms with E-state index in [1.54, 1.807) is 35.2 Å². The number of ether oxygens (including phenoxy) is 2. The predicted octanol–water partition coefficient (Wildman–Crippen LogP) is 6.13. The van der Waals surface area contributed by atoms with Crippen molar-refractivity contribution in [1.29, 1.82) is 0 Å². The molecule has 0 unspecified atom stereocenters. The smallest absolute Gasteiger partial charge is 0.270 e. The van der Waals surface area contributed by atoms with Crippen molar-refractivity contribution in [3.05, 3.63) is 88.3 Å². The van der Waals surface area contributed by atoms with Crippen molar-refractivity contribution in [3.8, 4) is 11.5 Å².